The quantitative estimate of drug-likeness (QED) is 0.500. The number of rotatable bonds is 4. The molecule has 0 saturated heterocycles. The average molecular weight is 212 g/mol. The van der Waals surface area contributed by atoms with Gasteiger partial charge in [0.15, 0.2) is 5.85 Å². The van der Waals surface area contributed by atoms with E-state index in [0.717, 1.165) is 0 Å². The highest BCUT2D eigenvalue weighted by Crippen LogP contribution is 2.42. The van der Waals surface area contributed by atoms with E-state index in [4.69, 9.17) is 9.79 Å². The van der Waals surface area contributed by atoms with Gasteiger partial charge < -0.3 is 9.79 Å². The lowest BCUT2D eigenvalue weighted by molar-refractivity contribution is -0.155. The standard InChI is InChI=1S/C6H17N2O4P/c1-6(7(2)3,8(4)5)12-13(9,10)11/h1-5H3,(H2,9,10,11). The van der Waals surface area contributed by atoms with Crippen LogP contribution >= 0.6 is 7.82 Å². The maximum absolute atomic E-state index is 10.7. The number of hydrogen-bond acceptors (Lipinski definition) is 4. The monoisotopic (exact) mass is 212 g/mol. The normalized spacial score (nSPS) is 14.2. The molecule has 2 N–H and O–H groups in total. The minimum atomic E-state index is -4.48. The molecule has 0 spiro atoms. The van der Waals surface area contributed by atoms with Crippen LogP contribution in [0.3, 0.4) is 0 Å². The molecule has 0 fully saturated rings. The molecule has 80 valence electrons. The summed E-state index contributed by atoms with van der Waals surface area (Å²) in [6.45, 7) is 1.58. The second-order valence-corrected chi connectivity index (χ2v) is 4.47. The second kappa shape index (κ2) is 4.04. The van der Waals surface area contributed by atoms with Crippen molar-refractivity contribution in [3.63, 3.8) is 0 Å². The van der Waals surface area contributed by atoms with Crippen LogP contribution in [0.25, 0.3) is 0 Å². The Bertz CT molecular complexity index is 205. The summed E-state index contributed by atoms with van der Waals surface area (Å²) in [4.78, 5) is 20.5. The van der Waals surface area contributed by atoms with Crippen molar-refractivity contribution in [3.05, 3.63) is 0 Å². The highest BCUT2D eigenvalue weighted by Gasteiger charge is 2.37. The van der Waals surface area contributed by atoms with Gasteiger partial charge in [-0.15, -0.1) is 0 Å². The Labute approximate surface area is 78.3 Å². The third-order valence-corrected chi connectivity index (χ3v) is 2.54. The van der Waals surface area contributed by atoms with Gasteiger partial charge in [-0.1, -0.05) is 0 Å². The smallest absolute Gasteiger partial charge is 0.303 e. The van der Waals surface area contributed by atoms with Gasteiger partial charge in [0, 0.05) is 0 Å². The van der Waals surface area contributed by atoms with Crippen LogP contribution in [0, 0.1) is 0 Å². The zero-order valence-electron chi connectivity index (χ0n) is 8.55. The Morgan fingerprint density at radius 3 is 1.54 bits per heavy atom. The molecule has 0 aliphatic carbocycles. The molecule has 0 aromatic rings. The van der Waals surface area contributed by atoms with E-state index in [2.05, 4.69) is 4.52 Å². The minimum absolute atomic E-state index is 1.11. The lowest BCUT2D eigenvalue weighted by atomic mass is 10.4. The van der Waals surface area contributed by atoms with Crippen molar-refractivity contribution < 1.29 is 18.9 Å². The van der Waals surface area contributed by atoms with Crippen LogP contribution in [0.1, 0.15) is 6.92 Å². The Kier molecular flexibility index (Phi) is 4.05. The van der Waals surface area contributed by atoms with Gasteiger partial charge in [0.2, 0.25) is 0 Å². The summed E-state index contributed by atoms with van der Waals surface area (Å²) >= 11 is 0. The molecule has 13 heavy (non-hydrogen) atoms. The molecule has 6 nitrogen and oxygen atoms in total. The summed E-state index contributed by atoms with van der Waals surface area (Å²) in [7, 11) is 2.23. The van der Waals surface area contributed by atoms with E-state index in [-0.39, 0.29) is 0 Å². The summed E-state index contributed by atoms with van der Waals surface area (Å²) in [5.74, 6) is -1.11. The van der Waals surface area contributed by atoms with Crippen molar-refractivity contribution in [1.82, 2.24) is 9.80 Å². The Hall–Kier alpha value is 0.0300. The highest BCUT2D eigenvalue weighted by molar-refractivity contribution is 7.46. The summed E-state index contributed by atoms with van der Waals surface area (Å²) in [6, 6.07) is 0. The van der Waals surface area contributed by atoms with Crippen molar-refractivity contribution in [2.24, 2.45) is 0 Å². The molecule has 0 aromatic carbocycles. The Morgan fingerprint density at radius 1 is 1.15 bits per heavy atom. The van der Waals surface area contributed by atoms with Crippen LogP contribution in [-0.2, 0) is 9.09 Å². The zero-order valence-corrected chi connectivity index (χ0v) is 9.45. The summed E-state index contributed by atoms with van der Waals surface area (Å²) in [6.07, 6.45) is 0. The number of phosphoric ester groups is 1. The number of nitrogens with zero attached hydrogens (tertiary/aromatic N) is 2. The van der Waals surface area contributed by atoms with Gasteiger partial charge in [-0.05, 0) is 35.1 Å². The van der Waals surface area contributed by atoms with Crippen molar-refractivity contribution in [2.45, 2.75) is 12.8 Å². The Balaban J connectivity index is 4.73. The fraction of sp³-hybridized carbons (Fsp3) is 1.00. The van der Waals surface area contributed by atoms with Gasteiger partial charge in [0.25, 0.3) is 0 Å². The summed E-state index contributed by atoms with van der Waals surface area (Å²) < 4.78 is 15.3. The van der Waals surface area contributed by atoms with Crippen LogP contribution < -0.4 is 0 Å². The van der Waals surface area contributed by atoms with Crippen LogP contribution in [-0.4, -0.2) is 53.6 Å². The van der Waals surface area contributed by atoms with Gasteiger partial charge in [-0.3, -0.25) is 14.3 Å². The Morgan fingerprint density at radius 2 is 1.46 bits per heavy atom. The first-order valence-corrected chi connectivity index (χ1v) is 5.24. The SMILES string of the molecule is CN(C)C(C)(OP(=O)(O)O)N(C)C. The molecule has 0 aliphatic heterocycles. The van der Waals surface area contributed by atoms with Crippen LogP contribution in [0.2, 0.25) is 0 Å². The van der Waals surface area contributed by atoms with Crippen molar-refractivity contribution in [1.29, 1.82) is 0 Å². The topological polar surface area (TPSA) is 73.2 Å². The molecule has 0 heterocycles. The number of phosphoric acid groups is 1. The molecule has 0 aliphatic rings. The van der Waals surface area contributed by atoms with E-state index in [9.17, 15) is 4.57 Å². The third kappa shape index (κ3) is 3.72. The predicted molar refractivity (Wildman–Crippen MR) is 48.9 cm³/mol. The van der Waals surface area contributed by atoms with E-state index in [1.54, 1.807) is 44.9 Å². The molecule has 7 heteroatoms. The van der Waals surface area contributed by atoms with Gasteiger partial charge in [0.05, 0.1) is 0 Å². The zero-order chi connectivity index (χ0) is 10.9. The fourth-order valence-electron chi connectivity index (χ4n) is 0.789. The maximum atomic E-state index is 10.7. The van der Waals surface area contributed by atoms with Gasteiger partial charge in [-0.2, -0.15) is 0 Å². The molecular formula is C6H17N2O4P. The highest BCUT2D eigenvalue weighted by atomic mass is 31.2. The summed E-state index contributed by atoms with van der Waals surface area (Å²) in [5.41, 5.74) is 0. The lowest BCUT2D eigenvalue weighted by Crippen LogP contribution is -2.54. The van der Waals surface area contributed by atoms with Crippen molar-refractivity contribution in [2.75, 3.05) is 28.2 Å². The van der Waals surface area contributed by atoms with E-state index >= 15 is 0 Å². The largest absolute Gasteiger partial charge is 0.472 e. The molecule has 0 amide bonds. The minimum Gasteiger partial charge on any atom is -0.303 e. The van der Waals surface area contributed by atoms with Crippen molar-refractivity contribution in [3.8, 4) is 0 Å². The first kappa shape index (κ1) is 13.0. The average Bonchev–Trinajstić information content (AvgIpc) is 1.82. The van der Waals surface area contributed by atoms with Gasteiger partial charge in [-0.25, -0.2) is 4.57 Å². The fourth-order valence-corrected chi connectivity index (χ4v) is 1.57. The third-order valence-electron chi connectivity index (χ3n) is 1.95. The molecule has 0 atom stereocenters. The van der Waals surface area contributed by atoms with Gasteiger partial charge in [0.1, 0.15) is 0 Å². The molecular weight excluding hydrogens is 195 g/mol. The first-order valence-electron chi connectivity index (χ1n) is 3.71. The first-order chi connectivity index (χ1) is 5.59. The second-order valence-electron chi connectivity index (χ2n) is 3.30. The van der Waals surface area contributed by atoms with Crippen LogP contribution in [0.5, 0.6) is 0 Å². The van der Waals surface area contributed by atoms with E-state index in [1.807, 2.05) is 0 Å². The maximum Gasteiger partial charge on any atom is 0.472 e. The lowest BCUT2D eigenvalue weighted by Gasteiger charge is -2.40. The van der Waals surface area contributed by atoms with Crippen molar-refractivity contribution >= 4 is 7.82 Å². The molecule has 0 saturated carbocycles. The van der Waals surface area contributed by atoms with Crippen LogP contribution in [0.4, 0.5) is 0 Å². The van der Waals surface area contributed by atoms with Crippen LogP contribution in [0.15, 0.2) is 0 Å². The summed E-state index contributed by atoms with van der Waals surface area (Å²) in [5, 5.41) is 0. The van der Waals surface area contributed by atoms with E-state index < -0.39 is 13.7 Å². The van der Waals surface area contributed by atoms with E-state index in [1.165, 1.54) is 0 Å². The molecule has 0 unspecified atom stereocenters. The molecule has 0 rings (SSSR count). The molecule has 0 aromatic heterocycles. The van der Waals surface area contributed by atoms with Gasteiger partial charge >= 0.3 is 7.82 Å². The number of hydrogen-bond donors (Lipinski definition) is 2. The van der Waals surface area contributed by atoms with E-state index in [0.29, 0.717) is 0 Å². The predicted octanol–water partition coefficient (Wildman–Crippen LogP) is -0.107. The molecule has 0 radical (unpaired) electrons. The molecule has 0 bridgehead atoms.